The van der Waals surface area contributed by atoms with Gasteiger partial charge in [0, 0.05) is 12.5 Å². The molecule has 16 heavy (non-hydrogen) atoms. The number of aryl methyl sites for hydroxylation is 1. The molecule has 1 rings (SSSR count). The summed E-state index contributed by atoms with van der Waals surface area (Å²) >= 11 is 0. The minimum Gasteiger partial charge on any atom is -0.324 e. The highest BCUT2D eigenvalue weighted by Gasteiger charge is 2.26. The third-order valence-corrected chi connectivity index (χ3v) is 2.56. The average molecular weight is 231 g/mol. The van der Waals surface area contributed by atoms with Crippen molar-refractivity contribution in [2.24, 2.45) is 5.73 Å². The van der Waals surface area contributed by atoms with E-state index < -0.39 is 12.6 Å². The van der Waals surface area contributed by atoms with Gasteiger partial charge in [0.15, 0.2) is 0 Å². The van der Waals surface area contributed by atoms with Crippen molar-refractivity contribution < 1.29 is 13.2 Å². The number of nitrogens with two attached hydrogens (primary N) is 1. The van der Waals surface area contributed by atoms with E-state index in [1.165, 1.54) is 0 Å². The Kier molecular flexibility index (Phi) is 4.35. The average Bonchev–Trinajstić information content (AvgIpc) is 2.16. The fraction of sp³-hybridized carbons (Fsp3) is 0.500. The lowest BCUT2D eigenvalue weighted by Crippen LogP contribution is -2.14. The SMILES string of the molecule is Cc1ccccc1C(N)CCCC(F)(F)F. The Labute approximate surface area is 93.5 Å². The summed E-state index contributed by atoms with van der Waals surface area (Å²) in [7, 11) is 0. The molecular formula is C12H16F3N. The summed E-state index contributed by atoms with van der Waals surface area (Å²) in [6.45, 7) is 1.92. The maximum atomic E-state index is 11.9. The van der Waals surface area contributed by atoms with Crippen molar-refractivity contribution in [2.45, 2.75) is 38.4 Å². The molecule has 0 amide bonds. The fourth-order valence-corrected chi connectivity index (χ4v) is 1.68. The molecule has 0 aliphatic heterocycles. The molecule has 2 N–H and O–H groups in total. The summed E-state index contributed by atoms with van der Waals surface area (Å²) < 4.78 is 35.8. The van der Waals surface area contributed by atoms with Gasteiger partial charge in [-0.3, -0.25) is 0 Å². The summed E-state index contributed by atoms with van der Waals surface area (Å²) in [6.07, 6.45) is -4.39. The molecule has 1 atom stereocenters. The molecule has 90 valence electrons. The first kappa shape index (κ1) is 13.0. The zero-order valence-electron chi connectivity index (χ0n) is 9.22. The van der Waals surface area contributed by atoms with Crippen molar-refractivity contribution in [2.75, 3.05) is 0 Å². The lowest BCUT2D eigenvalue weighted by molar-refractivity contribution is -0.135. The van der Waals surface area contributed by atoms with Crippen LogP contribution in [0, 0.1) is 6.92 Å². The van der Waals surface area contributed by atoms with E-state index in [9.17, 15) is 13.2 Å². The summed E-state index contributed by atoms with van der Waals surface area (Å²) in [5.41, 5.74) is 7.82. The second-order valence-electron chi connectivity index (χ2n) is 3.97. The van der Waals surface area contributed by atoms with E-state index in [0.717, 1.165) is 11.1 Å². The number of hydrogen-bond acceptors (Lipinski definition) is 1. The van der Waals surface area contributed by atoms with Crippen LogP contribution in [0.2, 0.25) is 0 Å². The smallest absolute Gasteiger partial charge is 0.324 e. The number of hydrogen-bond donors (Lipinski definition) is 1. The van der Waals surface area contributed by atoms with Gasteiger partial charge in [-0.15, -0.1) is 0 Å². The lowest BCUT2D eigenvalue weighted by Gasteiger charge is -2.15. The zero-order valence-corrected chi connectivity index (χ0v) is 9.22. The summed E-state index contributed by atoms with van der Waals surface area (Å²) in [4.78, 5) is 0. The second kappa shape index (κ2) is 5.34. The Morgan fingerprint density at radius 2 is 1.88 bits per heavy atom. The number of rotatable bonds is 4. The zero-order chi connectivity index (χ0) is 12.2. The van der Waals surface area contributed by atoms with Crippen molar-refractivity contribution in [1.82, 2.24) is 0 Å². The van der Waals surface area contributed by atoms with Gasteiger partial charge in [0.25, 0.3) is 0 Å². The van der Waals surface area contributed by atoms with E-state index in [1.807, 2.05) is 31.2 Å². The number of halogens is 3. The van der Waals surface area contributed by atoms with Gasteiger partial charge in [-0.05, 0) is 30.9 Å². The van der Waals surface area contributed by atoms with E-state index in [1.54, 1.807) is 0 Å². The van der Waals surface area contributed by atoms with Gasteiger partial charge in [0.2, 0.25) is 0 Å². The Morgan fingerprint density at radius 3 is 2.44 bits per heavy atom. The fourth-order valence-electron chi connectivity index (χ4n) is 1.68. The van der Waals surface area contributed by atoms with Crippen LogP contribution in [0.25, 0.3) is 0 Å². The quantitative estimate of drug-likeness (QED) is 0.839. The van der Waals surface area contributed by atoms with Crippen LogP contribution in [0.5, 0.6) is 0 Å². The van der Waals surface area contributed by atoms with E-state index in [0.29, 0.717) is 6.42 Å². The van der Waals surface area contributed by atoms with Crippen molar-refractivity contribution in [3.8, 4) is 0 Å². The molecule has 0 aliphatic carbocycles. The Balaban J connectivity index is 2.47. The Morgan fingerprint density at radius 1 is 1.25 bits per heavy atom. The van der Waals surface area contributed by atoms with Gasteiger partial charge in [-0.2, -0.15) is 13.2 Å². The van der Waals surface area contributed by atoms with Gasteiger partial charge in [-0.25, -0.2) is 0 Å². The van der Waals surface area contributed by atoms with Crippen LogP contribution in [-0.2, 0) is 0 Å². The second-order valence-corrected chi connectivity index (χ2v) is 3.97. The Hall–Kier alpha value is -1.03. The van der Waals surface area contributed by atoms with Gasteiger partial charge in [0.05, 0.1) is 0 Å². The number of alkyl halides is 3. The van der Waals surface area contributed by atoms with Crippen LogP contribution in [-0.4, -0.2) is 6.18 Å². The van der Waals surface area contributed by atoms with Crippen LogP contribution >= 0.6 is 0 Å². The van der Waals surface area contributed by atoms with Gasteiger partial charge in [-0.1, -0.05) is 24.3 Å². The molecule has 0 aliphatic rings. The highest BCUT2D eigenvalue weighted by molar-refractivity contribution is 5.28. The molecule has 0 saturated heterocycles. The summed E-state index contributed by atoms with van der Waals surface area (Å²) in [5.74, 6) is 0. The van der Waals surface area contributed by atoms with Crippen LogP contribution in [0.15, 0.2) is 24.3 Å². The van der Waals surface area contributed by atoms with E-state index in [-0.39, 0.29) is 12.5 Å². The highest BCUT2D eigenvalue weighted by atomic mass is 19.4. The Bertz CT molecular complexity index is 333. The monoisotopic (exact) mass is 231 g/mol. The van der Waals surface area contributed by atoms with Gasteiger partial charge in [0.1, 0.15) is 0 Å². The topological polar surface area (TPSA) is 26.0 Å². The molecule has 0 bridgehead atoms. The molecule has 1 aromatic rings. The predicted octanol–water partition coefficient (Wildman–Crippen LogP) is 3.73. The van der Waals surface area contributed by atoms with Crippen LogP contribution in [0.1, 0.15) is 36.4 Å². The number of benzene rings is 1. The summed E-state index contributed by atoms with van der Waals surface area (Å²) in [6, 6.07) is 7.23. The van der Waals surface area contributed by atoms with Crippen LogP contribution in [0.3, 0.4) is 0 Å². The molecule has 4 heteroatoms. The third-order valence-electron chi connectivity index (χ3n) is 2.56. The molecular weight excluding hydrogens is 215 g/mol. The van der Waals surface area contributed by atoms with E-state index in [2.05, 4.69) is 0 Å². The van der Waals surface area contributed by atoms with E-state index in [4.69, 9.17) is 5.73 Å². The van der Waals surface area contributed by atoms with Gasteiger partial charge >= 0.3 is 6.18 Å². The molecule has 1 unspecified atom stereocenters. The molecule has 0 saturated carbocycles. The van der Waals surface area contributed by atoms with Gasteiger partial charge < -0.3 is 5.73 Å². The van der Waals surface area contributed by atoms with Crippen LogP contribution < -0.4 is 5.73 Å². The predicted molar refractivity (Wildman–Crippen MR) is 58.0 cm³/mol. The molecule has 0 radical (unpaired) electrons. The largest absolute Gasteiger partial charge is 0.389 e. The maximum Gasteiger partial charge on any atom is 0.389 e. The van der Waals surface area contributed by atoms with Crippen molar-refractivity contribution in [1.29, 1.82) is 0 Å². The summed E-state index contributed by atoms with van der Waals surface area (Å²) in [5, 5.41) is 0. The normalized spacial score (nSPS) is 13.8. The van der Waals surface area contributed by atoms with E-state index >= 15 is 0 Å². The minimum absolute atomic E-state index is 0.0823. The van der Waals surface area contributed by atoms with Crippen molar-refractivity contribution >= 4 is 0 Å². The molecule has 1 nitrogen and oxygen atoms in total. The maximum absolute atomic E-state index is 11.9. The molecule has 1 aromatic carbocycles. The molecule has 0 heterocycles. The van der Waals surface area contributed by atoms with Crippen molar-refractivity contribution in [3.63, 3.8) is 0 Å². The highest BCUT2D eigenvalue weighted by Crippen LogP contribution is 2.26. The van der Waals surface area contributed by atoms with Crippen molar-refractivity contribution in [3.05, 3.63) is 35.4 Å². The third kappa shape index (κ3) is 4.23. The molecule has 0 fully saturated rings. The van der Waals surface area contributed by atoms with Crippen LogP contribution in [0.4, 0.5) is 13.2 Å². The first-order chi connectivity index (χ1) is 7.40. The standard InChI is InChI=1S/C12H16F3N/c1-9-5-2-3-6-10(9)11(16)7-4-8-12(13,14)15/h2-3,5-6,11H,4,7-8,16H2,1H3. The lowest BCUT2D eigenvalue weighted by atomic mass is 9.98. The molecule has 0 spiro atoms. The first-order valence-electron chi connectivity index (χ1n) is 5.28. The first-order valence-corrected chi connectivity index (χ1v) is 5.28. The molecule has 0 aromatic heterocycles. The minimum atomic E-state index is -4.08.